The van der Waals surface area contributed by atoms with E-state index in [1.54, 1.807) is 12.1 Å². The summed E-state index contributed by atoms with van der Waals surface area (Å²) in [6.45, 7) is 6.88. The third-order valence-electron chi connectivity index (χ3n) is 7.42. The minimum Gasteiger partial charge on any atom is -0.379 e. The molecule has 0 bridgehead atoms. The van der Waals surface area contributed by atoms with Crippen LogP contribution >= 0.6 is 0 Å². The first-order chi connectivity index (χ1) is 17.5. The Morgan fingerprint density at radius 3 is 2.50 bits per heavy atom. The summed E-state index contributed by atoms with van der Waals surface area (Å²) in [7, 11) is 0. The lowest BCUT2D eigenvalue weighted by Crippen LogP contribution is -2.39. The molecule has 5 nitrogen and oxygen atoms in total. The van der Waals surface area contributed by atoms with Gasteiger partial charge < -0.3 is 9.72 Å². The van der Waals surface area contributed by atoms with Gasteiger partial charge in [-0.25, -0.2) is 9.18 Å². The van der Waals surface area contributed by atoms with Crippen molar-refractivity contribution in [2.75, 3.05) is 32.8 Å². The number of aryl methyl sites for hydroxylation is 3. The minimum absolute atomic E-state index is 0.0841. The van der Waals surface area contributed by atoms with Crippen molar-refractivity contribution in [1.29, 1.82) is 0 Å². The van der Waals surface area contributed by atoms with Crippen LogP contribution < -0.4 is 5.69 Å². The summed E-state index contributed by atoms with van der Waals surface area (Å²) in [6.07, 6.45) is 3.85. The normalized spacial score (nSPS) is 17.2. The molecule has 1 N–H and O–H groups in total. The Kier molecular flexibility index (Phi) is 6.07. The molecule has 36 heavy (non-hydrogen) atoms. The van der Waals surface area contributed by atoms with Gasteiger partial charge in [-0.05, 0) is 83.5 Å². The summed E-state index contributed by atoms with van der Waals surface area (Å²) in [5, 5.41) is 0. The number of fused-ring (bicyclic) bond motifs is 3. The summed E-state index contributed by atoms with van der Waals surface area (Å²) < 4.78 is 21.4. The topological polar surface area (TPSA) is 50.3 Å². The highest BCUT2D eigenvalue weighted by molar-refractivity contribution is 5.95. The van der Waals surface area contributed by atoms with Crippen LogP contribution in [0, 0.1) is 12.7 Å². The highest BCUT2D eigenvalue weighted by Crippen LogP contribution is 2.36. The molecule has 1 fully saturated rings. The molecule has 4 aromatic rings. The van der Waals surface area contributed by atoms with Crippen LogP contribution in [0.1, 0.15) is 33.4 Å². The number of benzene rings is 3. The van der Waals surface area contributed by atoms with Gasteiger partial charge in [0.2, 0.25) is 0 Å². The first-order valence-electron chi connectivity index (χ1n) is 12.7. The van der Waals surface area contributed by atoms with Gasteiger partial charge in [0.1, 0.15) is 5.82 Å². The molecule has 0 spiro atoms. The average Bonchev–Trinajstić information content (AvgIpc) is 3.11. The van der Waals surface area contributed by atoms with E-state index in [0.717, 1.165) is 79.0 Å². The van der Waals surface area contributed by atoms with Crippen molar-refractivity contribution in [1.82, 2.24) is 14.5 Å². The van der Waals surface area contributed by atoms with E-state index in [-0.39, 0.29) is 11.5 Å². The molecule has 1 aliphatic heterocycles. The standard InChI is InChI=1S/C30H30FN3O2/c1-20-2-7-25-22(16-20)4-5-23-19-24(31)6-8-26(23)27(25)17-21-3-9-29-28(18-21)32-30(35)34(29)11-10-33-12-14-36-15-13-33/h2-3,6-9,16-19H,4-5,10-15H2,1H3,(H,32,35)/b27-17-. The number of hydrogen-bond acceptors (Lipinski definition) is 3. The second kappa shape index (κ2) is 9.52. The molecule has 184 valence electrons. The highest BCUT2D eigenvalue weighted by atomic mass is 19.1. The minimum atomic E-state index is -0.201. The average molecular weight is 484 g/mol. The maximum absolute atomic E-state index is 14.1. The zero-order valence-electron chi connectivity index (χ0n) is 20.5. The van der Waals surface area contributed by atoms with Gasteiger partial charge in [-0.15, -0.1) is 0 Å². The molecule has 3 aromatic carbocycles. The maximum atomic E-state index is 14.1. The molecule has 0 unspecified atom stereocenters. The number of aromatic nitrogens is 2. The van der Waals surface area contributed by atoms with E-state index in [9.17, 15) is 9.18 Å². The number of ether oxygens (including phenoxy) is 1. The van der Waals surface area contributed by atoms with Crippen molar-refractivity contribution in [2.45, 2.75) is 26.3 Å². The monoisotopic (exact) mass is 483 g/mol. The van der Waals surface area contributed by atoms with Crippen LogP contribution in [0.4, 0.5) is 4.39 Å². The fourth-order valence-corrected chi connectivity index (χ4v) is 5.52. The van der Waals surface area contributed by atoms with Crippen LogP contribution in [0.25, 0.3) is 22.7 Å². The Bertz CT molecular complexity index is 1470. The lowest BCUT2D eigenvalue weighted by atomic mass is 9.91. The van der Waals surface area contributed by atoms with Crippen LogP contribution in [-0.2, 0) is 24.1 Å². The zero-order chi connectivity index (χ0) is 24.6. The quantitative estimate of drug-likeness (QED) is 0.454. The third-order valence-corrected chi connectivity index (χ3v) is 7.42. The molecular weight excluding hydrogens is 453 g/mol. The lowest BCUT2D eigenvalue weighted by Gasteiger charge is -2.26. The molecular formula is C30H30FN3O2. The first kappa shape index (κ1) is 23.0. The summed E-state index contributed by atoms with van der Waals surface area (Å²) in [5.74, 6) is -0.201. The highest BCUT2D eigenvalue weighted by Gasteiger charge is 2.19. The number of hydrogen-bond donors (Lipinski definition) is 1. The molecule has 6 heteroatoms. The molecule has 1 saturated heterocycles. The van der Waals surface area contributed by atoms with Crippen LogP contribution in [0.2, 0.25) is 0 Å². The summed E-state index contributed by atoms with van der Waals surface area (Å²) in [5.41, 5.74) is 9.53. The third kappa shape index (κ3) is 4.43. The van der Waals surface area contributed by atoms with E-state index in [0.29, 0.717) is 6.54 Å². The number of rotatable bonds is 4. The van der Waals surface area contributed by atoms with Gasteiger partial charge in [-0.3, -0.25) is 9.47 Å². The fraction of sp³-hybridized carbons (Fsp3) is 0.300. The van der Waals surface area contributed by atoms with Gasteiger partial charge in [-0.2, -0.15) is 0 Å². The number of aromatic amines is 1. The Morgan fingerprint density at radius 1 is 0.944 bits per heavy atom. The second-order valence-corrected chi connectivity index (χ2v) is 9.83. The fourth-order valence-electron chi connectivity index (χ4n) is 5.52. The van der Waals surface area contributed by atoms with Crippen molar-refractivity contribution < 1.29 is 9.13 Å². The van der Waals surface area contributed by atoms with Gasteiger partial charge in [0.05, 0.1) is 24.2 Å². The zero-order valence-corrected chi connectivity index (χ0v) is 20.5. The smallest absolute Gasteiger partial charge is 0.326 e. The predicted molar refractivity (Wildman–Crippen MR) is 142 cm³/mol. The molecule has 0 atom stereocenters. The van der Waals surface area contributed by atoms with E-state index < -0.39 is 0 Å². The maximum Gasteiger partial charge on any atom is 0.326 e. The Hall–Kier alpha value is -3.48. The molecule has 2 aliphatic rings. The lowest BCUT2D eigenvalue weighted by molar-refractivity contribution is 0.0364. The van der Waals surface area contributed by atoms with E-state index in [1.807, 2.05) is 22.8 Å². The van der Waals surface area contributed by atoms with Crippen molar-refractivity contribution >= 4 is 22.7 Å². The number of nitrogens with one attached hydrogen (secondary N) is 1. The van der Waals surface area contributed by atoms with Crippen LogP contribution in [0.15, 0.2) is 59.4 Å². The molecule has 2 heterocycles. The van der Waals surface area contributed by atoms with Crippen LogP contribution in [0.3, 0.4) is 0 Å². The van der Waals surface area contributed by atoms with Crippen molar-refractivity contribution in [2.24, 2.45) is 0 Å². The second-order valence-electron chi connectivity index (χ2n) is 9.83. The van der Waals surface area contributed by atoms with Crippen LogP contribution in [0.5, 0.6) is 0 Å². The SMILES string of the molecule is Cc1ccc2c(c1)CCc1cc(F)ccc1/C2=C\c1ccc2c(c1)[nH]c(=O)n2CCN1CCOCC1. The Labute approximate surface area is 209 Å². The van der Waals surface area contributed by atoms with Gasteiger partial charge in [0.25, 0.3) is 0 Å². The van der Waals surface area contributed by atoms with E-state index in [4.69, 9.17) is 4.74 Å². The van der Waals surface area contributed by atoms with Crippen molar-refractivity contribution in [3.8, 4) is 0 Å². The van der Waals surface area contributed by atoms with E-state index in [2.05, 4.69) is 47.1 Å². The summed E-state index contributed by atoms with van der Waals surface area (Å²) in [6, 6.07) is 17.8. The van der Waals surface area contributed by atoms with Gasteiger partial charge in [0, 0.05) is 26.2 Å². The van der Waals surface area contributed by atoms with Gasteiger partial charge in [-0.1, -0.05) is 35.9 Å². The number of nitrogens with zero attached hydrogens (tertiary/aromatic N) is 2. The van der Waals surface area contributed by atoms with E-state index in [1.165, 1.54) is 16.7 Å². The van der Waals surface area contributed by atoms with Crippen LogP contribution in [-0.4, -0.2) is 47.3 Å². The predicted octanol–water partition coefficient (Wildman–Crippen LogP) is 4.80. The number of morpholine rings is 1. The number of H-pyrrole nitrogens is 1. The van der Waals surface area contributed by atoms with E-state index >= 15 is 0 Å². The summed E-state index contributed by atoms with van der Waals surface area (Å²) >= 11 is 0. The Balaban J connectivity index is 1.39. The van der Waals surface area contributed by atoms with Gasteiger partial charge in [0.15, 0.2) is 0 Å². The van der Waals surface area contributed by atoms with Gasteiger partial charge >= 0.3 is 5.69 Å². The molecule has 1 aromatic heterocycles. The molecule has 0 amide bonds. The van der Waals surface area contributed by atoms with Crippen molar-refractivity contribution in [3.63, 3.8) is 0 Å². The first-order valence-corrected chi connectivity index (χ1v) is 12.7. The Morgan fingerprint density at radius 2 is 1.69 bits per heavy atom. The number of imidazole rings is 1. The molecule has 6 rings (SSSR count). The summed E-state index contributed by atoms with van der Waals surface area (Å²) in [4.78, 5) is 18.1. The number of halogens is 1. The molecule has 0 radical (unpaired) electrons. The van der Waals surface area contributed by atoms with Crippen molar-refractivity contribution in [3.05, 3.63) is 104 Å². The largest absolute Gasteiger partial charge is 0.379 e. The molecule has 1 aliphatic carbocycles. The molecule has 0 saturated carbocycles.